The molecule has 20 heavy (non-hydrogen) atoms. The molecule has 0 aromatic carbocycles. The fourth-order valence-corrected chi connectivity index (χ4v) is 1.70. The van der Waals surface area contributed by atoms with E-state index in [9.17, 15) is 4.79 Å². The summed E-state index contributed by atoms with van der Waals surface area (Å²) in [6, 6.07) is 0. The van der Waals surface area contributed by atoms with E-state index in [0.29, 0.717) is 18.1 Å². The Balaban J connectivity index is 2.49. The first kappa shape index (κ1) is 16.4. The standard InChI is InChI=1S/C14H25N5O/c1-5-7-15-13-11-16-12(10-17-13)14(20)19(4)9-6-8-18(2)3/h10-11H,5-9H2,1-4H3,(H,15,17). The van der Waals surface area contributed by atoms with Gasteiger partial charge in [-0.2, -0.15) is 0 Å². The molecule has 0 atom stereocenters. The Morgan fingerprint density at radius 2 is 1.95 bits per heavy atom. The molecule has 1 heterocycles. The summed E-state index contributed by atoms with van der Waals surface area (Å²) in [6.45, 7) is 4.62. The highest BCUT2D eigenvalue weighted by atomic mass is 16.2. The second-order valence-electron chi connectivity index (χ2n) is 5.10. The van der Waals surface area contributed by atoms with Gasteiger partial charge < -0.3 is 15.1 Å². The van der Waals surface area contributed by atoms with Crippen LogP contribution in [0.3, 0.4) is 0 Å². The highest BCUT2D eigenvalue weighted by molar-refractivity contribution is 5.91. The lowest BCUT2D eigenvalue weighted by Gasteiger charge is -2.18. The molecule has 0 aliphatic carbocycles. The van der Waals surface area contributed by atoms with Crippen molar-refractivity contribution in [1.82, 2.24) is 19.8 Å². The SMILES string of the molecule is CCCNc1cnc(C(=O)N(C)CCCN(C)C)cn1. The summed E-state index contributed by atoms with van der Waals surface area (Å²) >= 11 is 0. The third kappa shape index (κ3) is 5.52. The molecule has 112 valence electrons. The molecule has 1 rings (SSSR count). The molecule has 1 aromatic rings. The first-order chi connectivity index (χ1) is 9.54. The summed E-state index contributed by atoms with van der Waals surface area (Å²) in [5.74, 6) is 0.622. The van der Waals surface area contributed by atoms with Crippen molar-refractivity contribution < 1.29 is 4.79 Å². The largest absolute Gasteiger partial charge is 0.369 e. The van der Waals surface area contributed by atoms with Gasteiger partial charge in [-0.3, -0.25) is 4.79 Å². The predicted octanol–water partition coefficient (Wildman–Crippen LogP) is 1.32. The molecule has 0 radical (unpaired) electrons. The molecule has 6 heteroatoms. The molecule has 1 amide bonds. The van der Waals surface area contributed by atoms with Crippen LogP contribution in [0, 0.1) is 0 Å². The van der Waals surface area contributed by atoms with Gasteiger partial charge in [0.15, 0.2) is 0 Å². The van der Waals surface area contributed by atoms with Crippen LogP contribution in [0.25, 0.3) is 0 Å². The van der Waals surface area contributed by atoms with Gasteiger partial charge >= 0.3 is 0 Å². The molecule has 0 saturated heterocycles. The minimum absolute atomic E-state index is 0.0849. The van der Waals surface area contributed by atoms with E-state index in [1.165, 1.54) is 6.20 Å². The number of anilines is 1. The van der Waals surface area contributed by atoms with E-state index in [2.05, 4.69) is 27.1 Å². The lowest BCUT2D eigenvalue weighted by molar-refractivity contribution is 0.0784. The Kier molecular flexibility index (Phi) is 6.93. The minimum Gasteiger partial charge on any atom is -0.369 e. The molecule has 0 unspecified atom stereocenters. The van der Waals surface area contributed by atoms with E-state index in [4.69, 9.17) is 0 Å². The minimum atomic E-state index is -0.0849. The summed E-state index contributed by atoms with van der Waals surface area (Å²) in [5, 5.41) is 3.13. The van der Waals surface area contributed by atoms with Gasteiger partial charge in [0, 0.05) is 20.1 Å². The highest BCUT2D eigenvalue weighted by Gasteiger charge is 2.13. The van der Waals surface area contributed by atoms with Gasteiger partial charge in [0.05, 0.1) is 12.4 Å². The van der Waals surface area contributed by atoms with Crippen LogP contribution in [-0.4, -0.2) is 66.5 Å². The number of hydrogen-bond acceptors (Lipinski definition) is 5. The van der Waals surface area contributed by atoms with Gasteiger partial charge in [0.1, 0.15) is 11.5 Å². The summed E-state index contributed by atoms with van der Waals surface area (Å²) in [4.78, 5) is 24.3. The van der Waals surface area contributed by atoms with Crippen molar-refractivity contribution in [2.75, 3.05) is 46.1 Å². The number of carbonyl (C=O) groups excluding carboxylic acids is 1. The van der Waals surface area contributed by atoms with Crippen molar-refractivity contribution in [3.63, 3.8) is 0 Å². The maximum Gasteiger partial charge on any atom is 0.273 e. The molecule has 0 aliphatic heterocycles. The highest BCUT2D eigenvalue weighted by Crippen LogP contribution is 2.04. The lowest BCUT2D eigenvalue weighted by atomic mass is 10.3. The van der Waals surface area contributed by atoms with Gasteiger partial charge in [-0.25, -0.2) is 9.97 Å². The molecule has 1 aromatic heterocycles. The molecule has 0 spiro atoms. The molecule has 6 nitrogen and oxygen atoms in total. The molecule has 0 saturated carbocycles. The van der Waals surface area contributed by atoms with Crippen molar-refractivity contribution in [3.05, 3.63) is 18.1 Å². The molecule has 0 bridgehead atoms. The Morgan fingerprint density at radius 1 is 1.20 bits per heavy atom. The van der Waals surface area contributed by atoms with Crippen LogP contribution >= 0.6 is 0 Å². The van der Waals surface area contributed by atoms with Crippen molar-refractivity contribution >= 4 is 11.7 Å². The van der Waals surface area contributed by atoms with Crippen LogP contribution in [0.5, 0.6) is 0 Å². The van der Waals surface area contributed by atoms with E-state index >= 15 is 0 Å². The van der Waals surface area contributed by atoms with Crippen LogP contribution in [-0.2, 0) is 0 Å². The van der Waals surface area contributed by atoms with E-state index < -0.39 is 0 Å². The maximum atomic E-state index is 12.1. The lowest BCUT2D eigenvalue weighted by Crippen LogP contribution is -2.30. The van der Waals surface area contributed by atoms with Gasteiger partial charge in [-0.05, 0) is 33.5 Å². The number of rotatable bonds is 8. The van der Waals surface area contributed by atoms with Crippen LogP contribution in [0.1, 0.15) is 30.3 Å². The number of carbonyl (C=O) groups is 1. The molecular weight excluding hydrogens is 254 g/mol. The zero-order valence-electron chi connectivity index (χ0n) is 12.9. The quantitative estimate of drug-likeness (QED) is 0.777. The first-order valence-electron chi connectivity index (χ1n) is 7.00. The number of nitrogens with zero attached hydrogens (tertiary/aromatic N) is 4. The van der Waals surface area contributed by atoms with Crippen molar-refractivity contribution in [3.8, 4) is 0 Å². The van der Waals surface area contributed by atoms with Crippen LogP contribution in [0.15, 0.2) is 12.4 Å². The second kappa shape index (κ2) is 8.47. The maximum absolute atomic E-state index is 12.1. The zero-order chi connectivity index (χ0) is 15.0. The summed E-state index contributed by atoms with van der Waals surface area (Å²) in [5.41, 5.74) is 0.388. The van der Waals surface area contributed by atoms with E-state index in [-0.39, 0.29) is 5.91 Å². The fraction of sp³-hybridized carbons (Fsp3) is 0.643. The van der Waals surface area contributed by atoms with Crippen LogP contribution < -0.4 is 5.32 Å². The summed E-state index contributed by atoms with van der Waals surface area (Å²) in [6.07, 6.45) is 5.11. The Bertz CT molecular complexity index is 405. The average molecular weight is 279 g/mol. The third-order valence-electron chi connectivity index (χ3n) is 2.87. The number of aromatic nitrogens is 2. The van der Waals surface area contributed by atoms with Crippen LogP contribution in [0.2, 0.25) is 0 Å². The van der Waals surface area contributed by atoms with E-state index in [0.717, 1.165) is 25.9 Å². The fourth-order valence-electron chi connectivity index (χ4n) is 1.70. The molecular formula is C14H25N5O. The number of hydrogen-bond donors (Lipinski definition) is 1. The molecule has 0 aliphatic rings. The number of nitrogens with one attached hydrogen (secondary N) is 1. The Hall–Kier alpha value is -1.69. The first-order valence-corrected chi connectivity index (χ1v) is 7.00. The normalized spacial score (nSPS) is 10.7. The Labute approximate surface area is 121 Å². The molecule has 1 N–H and O–H groups in total. The van der Waals surface area contributed by atoms with Crippen molar-refractivity contribution in [2.24, 2.45) is 0 Å². The van der Waals surface area contributed by atoms with Gasteiger partial charge in [-0.15, -0.1) is 0 Å². The van der Waals surface area contributed by atoms with Gasteiger partial charge in [0.2, 0.25) is 0 Å². The third-order valence-corrected chi connectivity index (χ3v) is 2.87. The summed E-state index contributed by atoms with van der Waals surface area (Å²) in [7, 11) is 5.84. The van der Waals surface area contributed by atoms with Gasteiger partial charge in [0.25, 0.3) is 5.91 Å². The van der Waals surface area contributed by atoms with Crippen LogP contribution in [0.4, 0.5) is 5.82 Å². The average Bonchev–Trinajstić information content (AvgIpc) is 2.44. The zero-order valence-corrected chi connectivity index (χ0v) is 12.9. The topological polar surface area (TPSA) is 61.4 Å². The summed E-state index contributed by atoms with van der Waals surface area (Å²) < 4.78 is 0. The number of amides is 1. The van der Waals surface area contributed by atoms with Crippen molar-refractivity contribution in [1.29, 1.82) is 0 Å². The van der Waals surface area contributed by atoms with E-state index in [1.54, 1.807) is 18.1 Å². The van der Waals surface area contributed by atoms with E-state index in [1.807, 2.05) is 14.1 Å². The van der Waals surface area contributed by atoms with Crippen molar-refractivity contribution in [2.45, 2.75) is 19.8 Å². The predicted molar refractivity (Wildman–Crippen MR) is 80.9 cm³/mol. The Morgan fingerprint density at radius 3 is 2.50 bits per heavy atom. The second-order valence-corrected chi connectivity index (χ2v) is 5.10. The smallest absolute Gasteiger partial charge is 0.273 e. The monoisotopic (exact) mass is 279 g/mol. The van der Waals surface area contributed by atoms with Gasteiger partial charge in [-0.1, -0.05) is 6.92 Å². The molecule has 0 fully saturated rings.